The molecular formula is C17H29NO2. The Kier molecular flexibility index (Phi) is 6.11. The molecule has 0 amide bonds. The highest BCUT2D eigenvalue weighted by Gasteiger charge is 2.24. The summed E-state index contributed by atoms with van der Waals surface area (Å²) in [6.45, 7) is 9.36. The van der Waals surface area contributed by atoms with Crippen molar-refractivity contribution in [2.45, 2.75) is 65.7 Å². The Morgan fingerprint density at radius 1 is 1.25 bits per heavy atom. The van der Waals surface area contributed by atoms with Crippen molar-refractivity contribution < 1.29 is 9.15 Å². The third-order valence-corrected chi connectivity index (χ3v) is 4.16. The maximum atomic E-state index is 6.13. The molecule has 2 rings (SSSR count). The van der Waals surface area contributed by atoms with Gasteiger partial charge in [0, 0.05) is 5.56 Å². The fourth-order valence-corrected chi connectivity index (χ4v) is 3.25. The molecule has 1 aliphatic rings. The second-order valence-corrected chi connectivity index (χ2v) is 6.40. The molecule has 114 valence electrons. The summed E-state index contributed by atoms with van der Waals surface area (Å²) in [6, 6.07) is 2.04. The lowest BCUT2D eigenvalue weighted by molar-refractivity contribution is -0.00967. The monoisotopic (exact) mass is 279 g/mol. The fourth-order valence-electron chi connectivity index (χ4n) is 3.25. The first-order valence-electron chi connectivity index (χ1n) is 8.06. The molecule has 2 unspecified atom stereocenters. The van der Waals surface area contributed by atoms with E-state index in [1.54, 1.807) is 6.26 Å². The van der Waals surface area contributed by atoms with Crippen LogP contribution in [0.1, 0.15) is 57.8 Å². The first kappa shape index (κ1) is 15.6. The molecule has 0 radical (unpaired) electrons. The highest BCUT2D eigenvalue weighted by Crippen LogP contribution is 2.31. The van der Waals surface area contributed by atoms with Crippen LogP contribution in [0.3, 0.4) is 0 Å². The number of ether oxygens (including phenoxy) is 1. The zero-order valence-electron chi connectivity index (χ0n) is 13.2. The predicted molar refractivity (Wildman–Crippen MR) is 81.5 cm³/mol. The molecular weight excluding hydrogens is 250 g/mol. The van der Waals surface area contributed by atoms with Crippen LogP contribution >= 0.6 is 0 Å². The summed E-state index contributed by atoms with van der Waals surface area (Å²) in [5, 5.41) is 3.38. The maximum Gasteiger partial charge on any atom is 0.123 e. The molecule has 1 heterocycles. The second-order valence-electron chi connectivity index (χ2n) is 6.40. The largest absolute Gasteiger partial charge is 0.468 e. The first-order valence-corrected chi connectivity index (χ1v) is 8.06. The van der Waals surface area contributed by atoms with Gasteiger partial charge in [-0.1, -0.05) is 20.8 Å². The van der Waals surface area contributed by atoms with Crippen LogP contribution < -0.4 is 5.32 Å². The third kappa shape index (κ3) is 4.64. The van der Waals surface area contributed by atoms with Gasteiger partial charge in [0.1, 0.15) is 5.76 Å². The third-order valence-electron chi connectivity index (χ3n) is 4.16. The van der Waals surface area contributed by atoms with Gasteiger partial charge in [0.15, 0.2) is 0 Å². The Bertz CT molecular complexity index is 378. The van der Waals surface area contributed by atoms with Gasteiger partial charge in [-0.25, -0.2) is 0 Å². The topological polar surface area (TPSA) is 34.4 Å². The van der Waals surface area contributed by atoms with Gasteiger partial charge in [-0.2, -0.15) is 0 Å². The molecule has 1 N–H and O–H groups in total. The normalized spacial score (nSPS) is 26.9. The van der Waals surface area contributed by atoms with Crippen LogP contribution in [0.25, 0.3) is 0 Å². The molecule has 0 aromatic carbocycles. The van der Waals surface area contributed by atoms with E-state index >= 15 is 0 Å². The summed E-state index contributed by atoms with van der Waals surface area (Å²) in [7, 11) is 0. The Morgan fingerprint density at radius 3 is 2.70 bits per heavy atom. The van der Waals surface area contributed by atoms with E-state index in [-0.39, 0.29) is 0 Å². The highest BCUT2D eigenvalue weighted by molar-refractivity contribution is 5.15. The zero-order valence-corrected chi connectivity index (χ0v) is 13.2. The van der Waals surface area contributed by atoms with Crippen LogP contribution in [-0.4, -0.2) is 12.6 Å². The molecule has 0 aliphatic heterocycles. The Balaban J connectivity index is 1.80. The van der Waals surface area contributed by atoms with Crippen molar-refractivity contribution in [3.63, 3.8) is 0 Å². The Hall–Kier alpha value is -0.800. The second kappa shape index (κ2) is 7.84. The highest BCUT2D eigenvalue weighted by atomic mass is 16.5. The van der Waals surface area contributed by atoms with Gasteiger partial charge in [-0.15, -0.1) is 0 Å². The SMILES string of the molecule is CCCNCc1occc1COC1CC(C)CC(C)C1. The van der Waals surface area contributed by atoms with Crippen LogP contribution in [-0.2, 0) is 17.9 Å². The van der Waals surface area contributed by atoms with Gasteiger partial charge in [-0.05, 0) is 50.1 Å². The van der Waals surface area contributed by atoms with Crippen molar-refractivity contribution in [2.75, 3.05) is 6.54 Å². The standard InChI is InChI=1S/C17H29NO2/c1-4-6-18-11-17-15(5-7-19-17)12-20-16-9-13(2)8-14(3)10-16/h5,7,13-14,16,18H,4,6,8-12H2,1-3H3. The molecule has 1 saturated carbocycles. The average molecular weight is 279 g/mol. The van der Waals surface area contributed by atoms with Crippen LogP contribution in [0.5, 0.6) is 0 Å². The van der Waals surface area contributed by atoms with Crippen molar-refractivity contribution in [3.05, 3.63) is 23.7 Å². The number of nitrogens with one attached hydrogen (secondary N) is 1. The van der Waals surface area contributed by atoms with Gasteiger partial charge < -0.3 is 14.5 Å². The molecule has 1 aliphatic carbocycles. The molecule has 1 aromatic heterocycles. The lowest BCUT2D eigenvalue weighted by atomic mass is 9.82. The van der Waals surface area contributed by atoms with Gasteiger partial charge in [0.25, 0.3) is 0 Å². The first-order chi connectivity index (χ1) is 9.69. The van der Waals surface area contributed by atoms with E-state index < -0.39 is 0 Å². The summed E-state index contributed by atoms with van der Waals surface area (Å²) in [6.07, 6.45) is 7.08. The molecule has 3 nitrogen and oxygen atoms in total. The van der Waals surface area contributed by atoms with Crippen LogP contribution in [0.4, 0.5) is 0 Å². The van der Waals surface area contributed by atoms with E-state index in [9.17, 15) is 0 Å². The smallest absolute Gasteiger partial charge is 0.123 e. The zero-order chi connectivity index (χ0) is 14.4. The number of furan rings is 1. The predicted octanol–water partition coefficient (Wildman–Crippen LogP) is 4.12. The average Bonchev–Trinajstić information content (AvgIpc) is 2.83. The lowest BCUT2D eigenvalue weighted by Gasteiger charge is -2.31. The van der Waals surface area contributed by atoms with E-state index in [1.165, 1.54) is 24.8 Å². The summed E-state index contributed by atoms with van der Waals surface area (Å²) in [5.41, 5.74) is 1.19. The van der Waals surface area contributed by atoms with Crippen molar-refractivity contribution in [3.8, 4) is 0 Å². The molecule has 0 saturated heterocycles. The van der Waals surface area contributed by atoms with Gasteiger partial charge in [-0.3, -0.25) is 0 Å². The summed E-state index contributed by atoms with van der Waals surface area (Å²) >= 11 is 0. The molecule has 2 atom stereocenters. The van der Waals surface area contributed by atoms with Gasteiger partial charge >= 0.3 is 0 Å². The molecule has 20 heavy (non-hydrogen) atoms. The van der Waals surface area contributed by atoms with E-state index in [0.29, 0.717) is 12.7 Å². The molecule has 1 aromatic rings. The van der Waals surface area contributed by atoms with E-state index in [1.807, 2.05) is 6.07 Å². The van der Waals surface area contributed by atoms with Gasteiger partial charge in [0.05, 0.1) is 25.5 Å². The number of rotatable bonds is 7. The van der Waals surface area contributed by atoms with Gasteiger partial charge in [0.2, 0.25) is 0 Å². The van der Waals surface area contributed by atoms with Crippen LogP contribution in [0, 0.1) is 11.8 Å². The van der Waals surface area contributed by atoms with Crippen molar-refractivity contribution in [1.29, 1.82) is 0 Å². The Labute approximate surface area is 123 Å². The van der Waals surface area contributed by atoms with Crippen molar-refractivity contribution in [1.82, 2.24) is 5.32 Å². The summed E-state index contributed by atoms with van der Waals surface area (Å²) in [4.78, 5) is 0. The molecule has 1 fully saturated rings. The van der Waals surface area contributed by atoms with Crippen LogP contribution in [0.15, 0.2) is 16.7 Å². The lowest BCUT2D eigenvalue weighted by Crippen LogP contribution is -2.26. The number of hydrogen-bond donors (Lipinski definition) is 1. The summed E-state index contributed by atoms with van der Waals surface area (Å²) in [5.74, 6) is 2.60. The van der Waals surface area contributed by atoms with Crippen molar-refractivity contribution in [2.24, 2.45) is 11.8 Å². The maximum absolute atomic E-state index is 6.13. The molecule has 3 heteroatoms. The number of hydrogen-bond acceptors (Lipinski definition) is 3. The minimum atomic E-state index is 0.417. The van der Waals surface area contributed by atoms with E-state index in [4.69, 9.17) is 9.15 Å². The van der Waals surface area contributed by atoms with Crippen molar-refractivity contribution >= 4 is 0 Å². The molecule has 0 bridgehead atoms. The minimum Gasteiger partial charge on any atom is -0.468 e. The van der Waals surface area contributed by atoms with E-state index in [0.717, 1.165) is 37.1 Å². The Morgan fingerprint density at radius 2 is 2.00 bits per heavy atom. The fraction of sp³-hybridized carbons (Fsp3) is 0.765. The van der Waals surface area contributed by atoms with Crippen LogP contribution in [0.2, 0.25) is 0 Å². The van der Waals surface area contributed by atoms with E-state index in [2.05, 4.69) is 26.1 Å². The minimum absolute atomic E-state index is 0.417. The summed E-state index contributed by atoms with van der Waals surface area (Å²) < 4.78 is 11.7. The molecule has 0 spiro atoms. The quantitative estimate of drug-likeness (QED) is 0.762.